The van der Waals surface area contributed by atoms with Gasteiger partial charge in [0.05, 0.1) is 6.10 Å². The predicted octanol–water partition coefficient (Wildman–Crippen LogP) is 3.87. The first-order chi connectivity index (χ1) is 9.01. The van der Waals surface area contributed by atoms with Gasteiger partial charge in [-0.15, -0.1) is 0 Å². The van der Waals surface area contributed by atoms with Gasteiger partial charge in [0.25, 0.3) is 0 Å². The van der Waals surface area contributed by atoms with Gasteiger partial charge in [0.15, 0.2) is 0 Å². The van der Waals surface area contributed by atoms with E-state index in [-0.39, 0.29) is 6.10 Å². The van der Waals surface area contributed by atoms with E-state index in [4.69, 9.17) is 0 Å². The lowest BCUT2D eigenvalue weighted by atomic mass is 9.69. The van der Waals surface area contributed by atoms with E-state index in [1.54, 1.807) is 0 Å². The fraction of sp³-hybridized carbons (Fsp3) is 1.00. The molecule has 2 fully saturated rings. The van der Waals surface area contributed by atoms with Crippen LogP contribution < -0.4 is 5.32 Å². The lowest BCUT2D eigenvalue weighted by molar-refractivity contribution is 0.103. The molecule has 112 valence electrons. The molecule has 0 aromatic heterocycles. The summed E-state index contributed by atoms with van der Waals surface area (Å²) in [5.41, 5.74) is 0.528. The Labute approximate surface area is 119 Å². The highest BCUT2D eigenvalue weighted by molar-refractivity contribution is 4.87. The van der Waals surface area contributed by atoms with E-state index in [1.165, 1.54) is 44.9 Å². The van der Waals surface area contributed by atoms with Crippen LogP contribution in [0.2, 0.25) is 0 Å². The zero-order valence-electron chi connectivity index (χ0n) is 13.1. The van der Waals surface area contributed by atoms with Crippen molar-refractivity contribution < 1.29 is 5.11 Å². The van der Waals surface area contributed by atoms with Crippen LogP contribution >= 0.6 is 0 Å². The maximum absolute atomic E-state index is 9.56. The van der Waals surface area contributed by atoms with E-state index >= 15 is 0 Å². The third-order valence-electron chi connectivity index (χ3n) is 5.91. The standard InChI is InChI=1S/C17H33NO/c1-4-17(2,3)13-5-7-14(8-6-13)18-15-9-11-16(19)12-10-15/h13-16,18-19H,4-12H2,1-3H3. The Hall–Kier alpha value is -0.0800. The van der Waals surface area contributed by atoms with Crippen LogP contribution in [0.3, 0.4) is 0 Å². The molecule has 0 atom stereocenters. The van der Waals surface area contributed by atoms with Crippen molar-refractivity contribution in [1.82, 2.24) is 5.32 Å². The zero-order chi connectivity index (χ0) is 13.9. The fourth-order valence-corrected chi connectivity index (χ4v) is 3.91. The molecule has 2 nitrogen and oxygen atoms in total. The van der Waals surface area contributed by atoms with Gasteiger partial charge in [0.2, 0.25) is 0 Å². The molecule has 2 aliphatic carbocycles. The van der Waals surface area contributed by atoms with Crippen molar-refractivity contribution in [2.75, 3.05) is 0 Å². The Morgan fingerprint density at radius 3 is 1.84 bits per heavy atom. The first-order valence-corrected chi connectivity index (χ1v) is 8.45. The lowest BCUT2D eigenvalue weighted by Crippen LogP contribution is -2.44. The van der Waals surface area contributed by atoms with Crippen LogP contribution in [0, 0.1) is 11.3 Å². The van der Waals surface area contributed by atoms with E-state index in [0.29, 0.717) is 11.5 Å². The molecule has 2 saturated carbocycles. The maximum atomic E-state index is 9.56. The summed E-state index contributed by atoms with van der Waals surface area (Å²) in [6, 6.07) is 1.41. The summed E-state index contributed by atoms with van der Waals surface area (Å²) in [6.07, 6.45) is 11.1. The van der Waals surface area contributed by atoms with Crippen molar-refractivity contribution in [1.29, 1.82) is 0 Å². The summed E-state index contributed by atoms with van der Waals surface area (Å²) in [5.74, 6) is 0.920. The van der Waals surface area contributed by atoms with E-state index < -0.39 is 0 Å². The predicted molar refractivity (Wildman–Crippen MR) is 81.2 cm³/mol. The fourth-order valence-electron chi connectivity index (χ4n) is 3.91. The number of aliphatic hydroxyl groups is 1. The smallest absolute Gasteiger partial charge is 0.0541 e. The normalized spacial score (nSPS) is 37.3. The molecule has 2 aliphatic rings. The van der Waals surface area contributed by atoms with Crippen LogP contribution in [-0.2, 0) is 0 Å². The molecular weight excluding hydrogens is 234 g/mol. The van der Waals surface area contributed by atoms with Crippen LogP contribution in [0.15, 0.2) is 0 Å². The first-order valence-electron chi connectivity index (χ1n) is 8.45. The average molecular weight is 267 g/mol. The second-order valence-electron chi connectivity index (χ2n) is 7.56. The summed E-state index contributed by atoms with van der Waals surface area (Å²) in [6.45, 7) is 7.21. The van der Waals surface area contributed by atoms with E-state index in [0.717, 1.165) is 24.8 Å². The number of hydrogen-bond acceptors (Lipinski definition) is 2. The van der Waals surface area contributed by atoms with Gasteiger partial charge in [-0.05, 0) is 62.7 Å². The van der Waals surface area contributed by atoms with E-state index in [9.17, 15) is 5.11 Å². The van der Waals surface area contributed by atoms with Crippen molar-refractivity contribution in [3.63, 3.8) is 0 Å². The lowest BCUT2D eigenvalue weighted by Gasteiger charge is -2.40. The monoisotopic (exact) mass is 267 g/mol. The van der Waals surface area contributed by atoms with Crippen LogP contribution in [0.1, 0.15) is 78.6 Å². The molecule has 0 amide bonds. The van der Waals surface area contributed by atoms with Crippen molar-refractivity contribution in [3.8, 4) is 0 Å². The summed E-state index contributed by atoms with van der Waals surface area (Å²) in [4.78, 5) is 0. The van der Waals surface area contributed by atoms with Gasteiger partial charge in [-0.3, -0.25) is 0 Å². The Bertz CT molecular complexity index is 260. The van der Waals surface area contributed by atoms with Gasteiger partial charge in [0.1, 0.15) is 0 Å². The molecule has 0 saturated heterocycles. The minimum atomic E-state index is -0.0286. The Morgan fingerprint density at radius 1 is 0.895 bits per heavy atom. The van der Waals surface area contributed by atoms with Gasteiger partial charge in [-0.2, -0.15) is 0 Å². The molecular formula is C17H33NO. The summed E-state index contributed by atoms with van der Waals surface area (Å²) >= 11 is 0. The number of rotatable bonds is 4. The highest BCUT2D eigenvalue weighted by Gasteiger charge is 2.32. The van der Waals surface area contributed by atoms with Crippen LogP contribution in [0.25, 0.3) is 0 Å². The molecule has 19 heavy (non-hydrogen) atoms. The Morgan fingerprint density at radius 2 is 1.37 bits per heavy atom. The average Bonchev–Trinajstić information content (AvgIpc) is 2.42. The molecule has 2 rings (SSSR count). The molecule has 0 spiro atoms. The Balaban J connectivity index is 1.72. The quantitative estimate of drug-likeness (QED) is 0.810. The minimum Gasteiger partial charge on any atom is -0.393 e. The third kappa shape index (κ3) is 4.19. The molecule has 0 aliphatic heterocycles. The number of hydrogen-bond donors (Lipinski definition) is 2. The minimum absolute atomic E-state index is 0.0286. The van der Waals surface area contributed by atoms with E-state index in [2.05, 4.69) is 26.1 Å². The van der Waals surface area contributed by atoms with Crippen molar-refractivity contribution in [2.45, 2.75) is 96.7 Å². The highest BCUT2D eigenvalue weighted by Crippen LogP contribution is 2.40. The van der Waals surface area contributed by atoms with Crippen LogP contribution in [0.4, 0.5) is 0 Å². The van der Waals surface area contributed by atoms with E-state index in [1.807, 2.05) is 0 Å². The summed E-state index contributed by atoms with van der Waals surface area (Å²) in [5, 5.41) is 13.4. The van der Waals surface area contributed by atoms with Crippen LogP contribution in [0.5, 0.6) is 0 Å². The molecule has 0 radical (unpaired) electrons. The topological polar surface area (TPSA) is 32.3 Å². The van der Waals surface area contributed by atoms with Gasteiger partial charge >= 0.3 is 0 Å². The highest BCUT2D eigenvalue weighted by atomic mass is 16.3. The first kappa shape index (κ1) is 15.3. The van der Waals surface area contributed by atoms with Gasteiger partial charge in [-0.1, -0.05) is 27.2 Å². The van der Waals surface area contributed by atoms with Crippen LogP contribution in [-0.4, -0.2) is 23.3 Å². The van der Waals surface area contributed by atoms with Crippen molar-refractivity contribution >= 4 is 0 Å². The second kappa shape index (κ2) is 6.58. The van der Waals surface area contributed by atoms with Crippen molar-refractivity contribution in [2.24, 2.45) is 11.3 Å². The SMILES string of the molecule is CCC(C)(C)C1CCC(NC2CCC(O)CC2)CC1. The van der Waals surface area contributed by atoms with Gasteiger partial charge < -0.3 is 10.4 Å². The third-order valence-corrected chi connectivity index (χ3v) is 5.91. The van der Waals surface area contributed by atoms with Gasteiger partial charge in [-0.25, -0.2) is 0 Å². The molecule has 2 N–H and O–H groups in total. The number of nitrogens with one attached hydrogen (secondary N) is 1. The molecule has 0 heterocycles. The molecule has 0 bridgehead atoms. The Kier molecular flexibility index (Phi) is 5.30. The zero-order valence-corrected chi connectivity index (χ0v) is 13.1. The molecule has 0 aromatic carbocycles. The maximum Gasteiger partial charge on any atom is 0.0541 e. The van der Waals surface area contributed by atoms with Gasteiger partial charge in [0, 0.05) is 12.1 Å². The molecule has 2 heteroatoms. The molecule has 0 aromatic rings. The summed E-state index contributed by atoms with van der Waals surface area (Å²) < 4.78 is 0. The molecule has 0 unspecified atom stereocenters. The number of aliphatic hydroxyl groups excluding tert-OH is 1. The van der Waals surface area contributed by atoms with Crippen molar-refractivity contribution in [3.05, 3.63) is 0 Å². The summed E-state index contributed by atoms with van der Waals surface area (Å²) in [7, 11) is 0. The largest absolute Gasteiger partial charge is 0.393 e. The second-order valence-corrected chi connectivity index (χ2v) is 7.56.